The van der Waals surface area contributed by atoms with Crippen LogP contribution in [0.1, 0.15) is 25.7 Å². The third kappa shape index (κ3) is 3.75. The quantitative estimate of drug-likeness (QED) is 0.666. The summed E-state index contributed by atoms with van der Waals surface area (Å²) in [6, 6.07) is 4.76. The first kappa shape index (κ1) is 12.4. The van der Waals surface area contributed by atoms with Gasteiger partial charge in [0.25, 0.3) is 0 Å². The zero-order valence-corrected chi connectivity index (χ0v) is 11.7. The third-order valence-electron chi connectivity index (χ3n) is 2.85. The Morgan fingerprint density at radius 3 is 3.00 bits per heavy atom. The van der Waals surface area contributed by atoms with Gasteiger partial charge in [-0.1, -0.05) is 12.8 Å². The number of nitrogens with one attached hydrogen (secondary N) is 1. The van der Waals surface area contributed by atoms with E-state index in [2.05, 4.69) is 26.2 Å². The first-order valence-electron chi connectivity index (χ1n) is 5.83. The zero-order valence-electron chi connectivity index (χ0n) is 9.29. The van der Waals surface area contributed by atoms with Crippen LogP contribution in [0.5, 0.6) is 0 Å². The van der Waals surface area contributed by atoms with Crippen molar-refractivity contribution in [3.63, 3.8) is 0 Å². The number of aromatic nitrogens is 1. The predicted octanol–water partition coefficient (Wildman–Crippen LogP) is 3.47. The summed E-state index contributed by atoms with van der Waals surface area (Å²) in [5.41, 5.74) is 0. The summed E-state index contributed by atoms with van der Waals surface area (Å²) in [4.78, 5) is 4.34. The van der Waals surface area contributed by atoms with E-state index in [1.54, 1.807) is 0 Å². The molecule has 1 fully saturated rings. The summed E-state index contributed by atoms with van der Waals surface area (Å²) < 4.78 is 1.10. The van der Waals surface area contributed by atoms with Gasteiger partial charge < -0.3 is 5.32 Å². The normalized spacial score (nSPS) is 16.8. The third-order valence-corrected chi connectivity index (χ3v) is 4.76. The van der Waals surface area contributed by atoms with Gasteiger partial charge in [0.2, 0.25) is 0 Å². The second-order valence-corrected chi connectivity index (χ2v) is 6.01. The maximum Gasteiger partial charge on any atom is 0.110 e. The Labute approximate surface area is 110 Å². The standard InChI is InChI=1S/C12H17BrN2S/c13-11-6-3-7-15-12(11)16-9-8-14-10-4-1-2-5-10/h3,6-7,10,14H,1-2,4-5,8-9H2. The minimum Gasteiger partial charge on any atom is -0.313 e. The molecule has 0 radical (unpaired) electrons. The van der Waals surface area contributed by atoms with E-state index in [4.69, 9.17) is 0 Å². The smallest absolute Gasteiger partial charge is 0.110 e. The van der Waals surface area contributed by atoms with E-state index in [9.17, 15) is 0 Å². The molecule has 0 saturated heterocycles. The van der Waals surface area contributed by atoms with Crippen LogP contribution in [-0.2, 0) is 0 Å². The van der Waals surface area contributed by atoms with Crippen molar-refractivity contribution in [1.82, 2.24) is 10.3 Å². The maximum atomic E-state index is 4.34. The summed E-state index contributed by atoms with van der Waals surface area (Å²) in [7, 11) is 0. The monoisotopic (exact) mass is 300 g/mol. The molecule has 0 atom stereocenters. The van der Waals surface area contributed by atoms with E-state index in [1.165, 1.54) is 25.7 Å². The minimum atomic E-state index is 0.771. The van der Waals surface area contributed by atoms with Gasteiger partial charge in [-0.3, -0.25) is 0 Å². The van der Waals surface area contributed by atoms with Gasteiger partial charge in [0.15, 0.2) is 0 Å². The highest BCUT2D eigenvalue weighted by molar-refractivity contribution is 9.10. The van der Waals surface area contributed by atoms with Crippen LogP contribution in [0.4, 0.5) is 0 Å². The molecule has 0 aliphatic heterocycles. The Morgan fingerprint density at radius 1 is 1.44 bits per heavy atom. The van der Waals surface area contributed by atoms with Gasteiger partial charge in [-0.2, -0.15) is 0 Å². The highest BCUT2D eigenvalue weighted by atomic mass is 79.9. The number of thioether (sulfide) groups is 1. The van der Waals surface area contributed by atoms with Crippen LogP contribution < -0.4 is 5.32 Å². The topological polar surface area (TPSA) is 24.9 Å². The Kier molecular flexibility index (Phi) is 5.13. The van der Waals surface area contributed by atoms with Crippen molar-refractivity contribution >= 4 is 27.7 Å². The molecule has 0 bridgehead atoms. The second-order valence-electron chi connectivity index (χ2n) is 4.07. The SMILES string of the molecule is Brc1cccnc1SCCNC1CCCC1. The van der Waals surface area contributed by atoms with Gasteiger partial charge in [-0.05, 0) is 40.9 Å². The lowest BCUT2D eigenvalue weighted by Gasteiger charge is -2.11. The second kappa shape index (κ2) is 6.62. The van der Waals surface area contributed by atoms with Crippen molar-refractivity contribution in [3.05, 3.63) is 22.8 Å². The van der Waals surface area contributed by atoms with E-state index in [1.807, 2.05) is 30.1 Å². The molecule has 1 aliphatic carbocycles. The van der Waals surface area contributed by atoms with Crippen molar-refractivity contribution in [2.75, 3.05) is 12.3 Å². The molecular weight excluding hydrogens is 284 g/mol. The Balaban J connectivity index is 1.66. The van der Waals surface area contributed by atoms with Gasteiger partial charge in [-0.15, -0.1) is 11.8 Å². The lowest BCUT2D eigenvalue weighted by molar-refractivity contribution is 0.545. The molecule has 0 amide bonds. The largest absolute Gasteiger partial charge is 0.313 e. The lowest BCUT2D eigenvalue weighted by atomic mass is 10.2. The van der Waals surface area contributed by atoms with E-state index in [0.717, 1.165) is 27.8 Å². The molecule has 16 heavy (non-hydrogen) atoms. The highest BCUT2D eigenvalue weighted by Gasteiger charge is 2.13. The number of halogens is 1. The van der Waals surface area contributed by atoms with Crippen LogP contribution in [0.25, 0.3) is 0 Å². The molecule has 1 saturated carbocycles. The molecular formula is C12H17BrN2S. The summed E-state index contributed by atoms with van der Waals surface area (Å²) in [5.74, 6) is 1.09. The van der Waals surface area contributed by atoms with Crippen molar-refractivity contribution < 1.29 is 0 Å². The first-order chi connectivity index (χ1) is 7.86. The van der Waals surface area contributed by atoms with Gasteiger partial charge in [0.1, 0.15) is 5.03 Å². The molecule has 0 spiro atoms. The molecule has 2 rings (SSSR count). The molecule has 1 aromatic rings. The molecule has 2 nitrogen and oxygen atoms in total. The van der Waals surface area contributed by atoms with Crippen LogP contribution >= 0.6 is 27.7 Å². The minimum absolute atomic E-state index is 0.771. The molecule has 1 heterocycles. The number of hydrogen-bond donors (Lipinski definition) is 1. The highest BCUT2D eigenvalue weighted by Crippen LogP contribution is 2.24. The Morgan fingerprint density at radius 2 is 2.25 bits per heavy atom. The summed E-state index contributed by atoms with van der Waals surface area (Å²) in [5, 5.41) is 4.70. The molecule has 1 aliphatic rings. The summed E-state index contributed by atoms with van der Waals surface area (Å²) in [6.45, 7) is 1.08. The van der Waals surface area contributed by atoms with E-state index >= 15 is 0 Å². The molecule has 1 aromatic heterocycles. The average molecular weight is 301 g/mol. The van der Waals surface area contributed by atoms with Gasteiger partial charge >= 0.3 is 0 Å². The number of hydrogen-bond acceptors (Lipinski definition) is 3. The summed E-state index contributed by atoms with van der Waals surface area (Å²) >= 11 is 5.32. The molecule has 88 valence electrons. The van der Waals surface area contributed by atoms with Gasteiger partial charge in [0.05, 0.1) is 0 Å². The van der Waals surface area contributed by atoms with Crippen LogP contribution in [0.15, 0.2) is 27.8 Å². The fraction of sp³-hybridized carbons (Fsp3) is 0.583. The van der Waals surface area contributed by atoms with Crippen LogP contribution in [-0.4, -0.2) is 23.3 Å². The number of nitrogens with zero attached hydrogens (tertiary/aromatic N) is 1. The van der Waals surface area contributed by atoms with Gasteiger partial charge in [0, 0.05) is 29.0 Å². The van der Waals surface area contributed by atoms with Crippen LogP contribution in [0, 0.1) is 0 Å². The Hall–Kier alpha value is -0.0600. The van der Waals surface area contributed by atoms with E-state index < -0.39 is 0 Å². The first-order valence-corrected chi connectivity index (χ1v) is 7.61. The maximum absolute atomic E-state index is 4.34. The van der Waals surface area contributed by atoms with E-state index in [-0.39, 0.29) is 0 Å². The number of pyridine rings is 1. The van der Waals surface area contributed by atoms with E-state index in [0.29, 0.717) is 0 Å². The molecule has 4 heteroatoms. The summed E-state index contributed by atoms with van der Waals surface area (Å²) in [6.07, 6.45) is 7.36. The average Bonchev–Trinajstić information content (AvgIpc) is 2.79. The van der Waals surface area contributed by atoms with Crippen molar-refractivity contribution in [2.45, 2.75) is 36.8 Å². The number of rotatable bonds is 5. The Bertz CT molecular complexity index is 327. The lowest BCUT2D eigenvalue weighted by Crippen LogP contribution is -2.28. The molecule has 0 unspecified atom stereocenters. The van der Waals surface area contributed by atoms with Crippen molar-refractivity contribution in [3.8, 4) is 0 Å². The van der Waals surface area contributed by atoms with Crippen LogP contribution in [0.2, 0.25) is 0 Å². The zero-order chi connectivity index (χ0) is 11.2. The van der Waals surface area contributed by atoms with Crippen molar-refractivity contribution in [2.24, 2.45) is 0 Å². The fourth-order valence-electron chi connectivity index (χ4n) is 2.02. The molecule has 1 N–H and O–H groups in total. The van der Waals surface area contributed by atoms with Crippen molar-refractivity contribution in [1.29, 1.82) is 0 Å². The van der Waals surface area contributed by atoms with Gasteiger partial charge in [-0.25, -0.2) is 4.98 Å². The van der Waals surface area contributed by atoms with Crippen LogP contribution in [0.3, 0.4) is 0 Å². The predicted molar refractivity (Wildman–Crippen MR) is 72.9 cm³/mol. The molecule has 0 aromatic carbocycles. The fourth-order valence-corrected chi connectivity index (χ4v) is 3.37.